The van der Waals surface area contributed by atoms with E-state index in [-0.39, 0.29) is 0 Å². The normalized spacial score (nSPS) is 10.0. The molecule has 0 fully saturated rings. The van der Waals surface area contributed by atoms with E-state index in [9.17, 15) is 0 Å². The Morgan fingerprint density at radius 1 is 1.18 bits per heavy atom. The molecule has 1 aromatic heterocycles. The van der Waals surface area contributed by atoms with Gasteiger partial charge in [0, 0.05) is 9.77 Å². The van der Waals surface area contributed by atoms with E-state index in [0.29, 0.717) is 18.2 Å². The Hall–Kier alpha value is -1.30. The Kier molecular flexibility index (Phi) is 4.19. The Morgan fingerprint density at radius 3 is 2.65 bits per heavy atom. The molecule has 0 N–H and O–H groups in total. The molecular formula is C13H12INO2. The van der Waals surface area contributed by atoms with Crippen molar-refractivity contribution in [2.75, 3.05) is 6.61 Å². The molecule has 0 amide bonds. The van der Waals surface area contributed by atoms with Crippen LogP contribution in [-0.4, -0.2) is 11.6 Å². The van der Waals surface area contributed by atoms with Gasteiger partial charge in [-0.3, -0.25) is 0 Å². The summed E-state index contributed by atoms with van der Waals surface area (Å²) in [4.78, 5) is 4.17. The lowest BCUT2D eigenvalue weighted by atomic mass is 10.3. The van der Waals surface area contributed by atoms with Crippen molar-refractivity contribution in [1.82, 2.24) is 4.98 Å². The van der Waals surface area contributed by atoms with Crippen LogP contribution in [0.15, 0.2) is 42.6 Å². The third kappa shape index (κ3) is 3.33. The highest BCUT2D eigenvalue weighted by molar-refractivity contribution is 14.1. The van der Waals surface area contributed by atoms with Crippen molar-refractivity contribution in [2.24, 2.45) is 0 Å². The molecule has 0 radical (unpaired) electrons. The number of ether oxygens (including phenoxy) is 2. The van der Waals surface area contributed by atoms with Crippen LogP contribution in [0.5, 0.6) is 17.4 Å². The molecule has 88 valence electrons. The molecule has 0 aliphatic carbocycles. The third-order valence-corrected chi connectivity index (χ3v) is 2.78. The van der Waals surface area contributed by atoms with E-state index in [1.54, 1.807) is 6.20 Å². The Labute approximate surface area is 114 Å². The lowest BCUT2D eigenvalue weighted by Crippen LogP contribution is -1.96. The first-order chi connectivity index (χ1) is 8.29. The van der Waals surface area contributed by atoms with Crippen molar-refractivity contribution < 1.29 is 9.47 Å². The van der Waals surface area contributed by atoms with Crippen molar-refractivity contribution >= 4 is 22.6 Å². The van der Waals surface area contributed by atoms with Gasteiger partial charge in [0.2, 0.25) is 0 Å². The summed E-state index contributed by atoms with van der Waals surface area (Å²) in [5, 5.41) is 0. The third-order valence-electron chi connectivity index (χ3n) is 2.06. The van der Waals surface area contributed by atoms with Crippen LogP contribution in [0.1, 0.15) is 6.92 Å². The molecule has 2 aromatic rings. The first kappa shape index (κ1) is 12.2. The number of benzene rings is 1. The van der Waals surface area contributed by atoms with Crippen molar-refractivity contribution in [2.45, 2.75) is 6.92 Å². The molecule has 1 heterocycles. The second kappa shape index (κ2) is 5.86. The Morgan fingerprint density at radius 2 is 1.94 bits per heavy atom. The fraction of sp³-hybridized carbons (Fsp3) is 0.154. The number of aromatic nitrogens is 1. The Balaban J connectivity index is 2.20. The molecule has 0 atom stereocenters. The van der Waals surface area contributed by atoms with Crippen molar-refractivity contribution in [3.63, 3.8) is 0 Å². The molecule has 0 unspecified atom stereocenters. The van der Waals surface area contributed by atoms with Gasteiger partial charge < -0.3 is 9.47 Å². The van der Waals surface area contributed by atoms with E-state index in [1.807, 2.05) is 43.3 Å². The maximum Gasteiger partial charge on any atom is 0.262 e. The van der Waals surface area contributed by atoms with Crippen LogP contribution < -0.4 is 9.47 Å². The predicted molar refractivity (Wildman–Crippen MR) is 74.6 cm³/mol. The van der Waals surface area contributed by atoms with Crippen molar-refractivity contribution in [1.29, 1.82) is 0 Å². The first-order valence-electron chi connectivity index (χ1n) is 5.31. The van der Waals surface area contributed by atoms with Crippen LogP contribution in [0.3, 0.4) is 0 Å². The maximum atomic E-state index is 5.68. The van der Waals surface area contributed by atoms with E-state index in [0.717, 1.165) is 5.75 Å². The van der Waals surface area contributed by atoms with E-state index < -0.39 is 0 Å². The molecule has 3 nitrogen and oxygen atoms in total. The number of nitrogens with zero attached hydrogens (tertiary/aromatic N) is 1. The van der Waals surface area contributed by atoms with Gasteiger partial charge in [0.25, 0.3) is 5.88 Å². The predicted octanol–water partition coefficient (Wildman–Crippen LogP) is 3.88. The minimum atomic E-state index is 0.496. The summed E-state index contributed by atoms with van der Waals surface area (Å²) in [6.07, 6.45) is 1.69. The van der Waals surface area contributed by atoms with E-state index in [1.165, 1.54) is 3.57 Å². The summed E-state index contributed by atoms with van der Waals surface area (Å²) in [6, 6.07) is 11.5. The van der Waals surface area contributed by atoms with Gasteiger partial charge in [-0.05, 0) is 65.9 Å². The molecule has 0 saturated heterocycles. The van der Waals surface area contributed by atoms with Crippen LogP contribution in [0.25, 0.3) is 0 Å². The highest BCUT2D eigenvalue weighted by Gasteiger charge is 2.06. The van der Waals surface area contributed by atoms with Crippen LogP contribution in [-0.2, 0) is 0 Å². The number of halogens is 1. The molecule has 0 saturated carbocycles. The molecule has 17 heavy (non-hydrogen) atoms. The quantitative estimate of drug-likeness (QED) is 0.791. The molecule has 0 bridgehead atoms. The van der Waals surface area contributed by atoms with Gasteiger partial charge in [-0.1, -0.05) is 0 Å². The van der Waals surface area contributed by atoms with Gasteiger partial charge >= 0.3 is 0 Å². The second-order valence-electron chi connectivity index (χ2n) is 3.30. The summed E-state index contributed by atoms with van der Waals surface area (Å²) in [7, 11) is 0. The van der Waals surface area contributed by atoms with Crippen molar-refractivity contribution in [3.05, 3.63) is 46.2 Å². The zero-order chi connectivity index (χ0) is 12.1. The van der Waals surface area contributed by atoms with E-state index in [4.69, 9.17) is 9.47 Å². The average Bonchev–Trinajstić information content (AvgIpc) is 2.35. The monoisotopic (exact) mass is 341 g/mol. The first-order valence-corrected chi connectivity index (χ1v) is 6.38. The van der Waals surface area contributed by atoms with Gasteiger partial charge in [0.15, 0.2) is 5.75 Å². The molecule has 0 aliphatic heterocycles. The average molecular weight is 341 g/mol. The van der Waals surface area contributed by atoms with Gasteiger partial charge in [-0.25, -0.2) is 4.98 Å². The summed E-state index contributed by atoms with van der Waals surface area (Å²) < 4.78 is 12.3. The molecule has 0 spiro atoms. The zero-order valence-electron chi connectivity index (χ0n) is 9.39. The smallest absolute Gasteiger partial charge is 0.262 e. The highest BCUT2D eigenvalue weighted by atomic mass is 127. The lowest BCUT2D eigenvalue weighted by Gasteiger charge is -2.09. The molecule has 0 aliphatic rings. The zero-order valence-corrected chi connectivity index (χ0v) is 11.5. The minimum absolute atomic E-state index is 0.496. The molecule has 2 rings (SSSR count). The van der Waals surface area contributed by atoms with Crippen molar-refractivity contribution in [3.8, 4) is 17.4 Å². The van der Waals surface area contributed by atoms with E-state index >= 15 is 0 Å². The number of pyridine rings is 1. The largest absolute Gasteiger partial charge is 0.488 e. The van der Waals surface area contributed by atoms with Gasteiger partial charge in [-0.2, -0.15) is 0 Å². The van der Waals surface area contributed by atoms with Crippen LogP contribution in [0.2, 0.25) is 0 Å². The maximum absolute atomic E-state index is 5.68. The van der Waals surface area contributed by atoms with E-state index in [2.05, 4.69) is 27.6 Å². The number of hydrogen-bond acceptors (Lipinski definition) is 3. The second-order valence-corrected chi connectivity index (χ2v) is 4.54. The van der Waals surface area contributed by atoms with Gasteiger partial charge in [-0.15, -0.1) is 0 Å². The lowest BCUT2D eigenvalue weighted by molar-refractivity contribution is 0.316. The molecule has 4 heteroatoms. The standard InChI is InChI=1S/C13H12INO2/c1-2-16-12-4-3-9-15-13(12)17-11-7-5-10(14)6-8-11/h3-9H,2H2,1H3. The highest BCUT2D eigenvalue weighted by Crippen LogP contribution is 2.28. The fourth-order valence-electron chi connectivity index (χ4n) is 1.33. The molecule has 1 aromatic carbocycles. The summed E-state index contributed by atoms with van der Waals surface area (Å²) >= 11 is 2.25. The summed E-state index contributed by atoms with van der Waals surface area (Å²) in [6.45, 7) is 2.52. The topological polar surface area (TPSA) is 31.4 Å². The van der Waals surface area contributed by atoms with Crippen LogP contribution in [0, 0.1) is 3.57 Å². The van der Waals surface area contributed by atoms with Crippen LogP contribution in [0.4, 0.5) is 0 Å². The van der Waals surface area contributed by atoms with Gasteiger partial charge in [0.05, 0.1) is 6.61 Å². The number of rotatable bonds is 4. The van der Waals surface area contributed by atoms with Gasteiger partial charge in [0.1, 0.15) is 5.75 Å². The minimum Gasteiger partial charge on any atom is -0.488 e. The summed E-state index contributed by atoms with van der Waals surface area (Å²) in [5.74, 6) is 1.91. The SMILES string of the molecule is CCOc1cccnc1Oc1ccc(I)cc1. The number of hydrogen-bond donors (Lipinski definition) is 0. The fourth-order valence-corrected chi connectivity index (χ4v) is 1.69. The van der Waals surface area contributed by atoms with Crippen LogP contribution >= 0.6 is 22.6 Å². The Bertz CT molecular complexity index is 485. The molecular weight excluding hydrogens is 329 g/mol. The summed E-state index contributed by atoms with van der Waals surface area (Å²) in [5.41, 5.74) is 0.